The smallest absolute Gasteiger partial charge is 0.105 e. The summed E-state index contributed by atoms with van der Waals surface area (Å²) >= 11 is 0. The lowest BCUT2D eigenvalue weighted by molar-refractivity contribution is 0.196. The molecule has 20 heavy (non-hydrogen) atoms. The molecular weight excluding hydrogens is 246 g/mol. The van der Waals surface area contributed by atoms with E-state index in [0.717, 1.165) is 18.9 Å². The van der Waals surface area contributed by atoms with Gasteiger partial charge in [0, 0.05) is 26.3 Å². The third-order valence-corrected chi connectivity index (χ3v) is 4.48. The van der Waals surface area contributed by atoms with Crippen LogP contribution in [0, 0.1) is 6.92 Å². The minimum atomic E-state index is 0.680. The van der Waals surface area contributed by atoms with E-state index >= 15 is 0 Å². The van der Waals surface area contributed by atoms with Crippen LogP contribution in [0.1, 0.15) is 35.8 Å². The van der Waals surface area contributed by atoms with Gasteiger partial charge in [-0.3, -0.25) is 4.90 Å². The van der Waals surface area contributed by atoms with Gasteiger partial charge in [-0.2, -0.15) is 0 Å². The van der Waals surface area contributed by atoms with Crippen molar-refractivity contribution in [3.63, 3.8) is 0 Å². The largest absolute Gasteiger partial charge is 0.334 e. The highest BCUT2D eigenvalue weighted by Gasteiger charge is 2.21. The zero-order valence-corrected chi connectivity index (χ0v) is 12.4. The van der Waals surface area contributed by atoms with Crippen molar-refractivity contribution in [2.24, 2.45) is 7.05 Å². The average Bonchev–Trinajstić information content (AvgIpc) is 2.81. The summed E-state index contributed by atoms with van der Waals surface area (Å²) < 4.78 is 2.20. The van der Waals surface area contributed by atoms with E-state index in [0.29, 0.717) is 5.92 Å². The molecule has 1 atom stereocenters. The topological polar surface area (TPSA) is 21.1 Å². The number of likely N-dealkylation sites (tertiary alicyclic amines) is 1. The zero-order chi connectivity index (χ0) is 13.9. The molecule has 1 fully saturated rings. The van der Waals surface area contributed by atoms with Gasteiger partial charge in [-0.15, -0.1) is 0 Å². The summed E-state index contributed by atoms with van der Waals surface area (Å²) in [6.45, 7) is 5.44. The van der Waals surface area contributed by atoms with Crippen LogP contribution in [-0.2, 0) is 13.6 Å². The number of aryl methyl sites for hydroxylation is 1. The van der Waals surface area contributed by atoms with Crippen molar-refractivity contribution in [1.82, 2.24) is 14.5 Å². The summed E-state index contributed by atoms with van der Waals surface area (Å²) in [5.41, 5.74) is 2.80. The van der Waals surface area contributed by atoms with Gasteiger partial charge in [0.2, 0.25) is 0 Å². The SMILES string of the molecule is Cc1ncc(CN2CCC[C@@H](c3ccccc3)C2)n1C. The lowest BCUT2D eigenvalue weighted by Gasteiger charge is -2.33. The van der Waals surface area contributed by atoms with Crippen molar-refractivity contribution in [3.05, 3.63) is 53.6 Å². The first-order chi connectivity index (χ1) is 9.74. The Kier molecular flexibility index (Phi) is 3.88. The van der Waals surface area contributed by atoms with E-state index in [9.17, 15) is 0 Å². The van der Waals surface area contributed by atoms with E-state index < -0.39 is 0 Å². The lowest BCUT2D eigenvalue weighted by atomic mass is 9.90. The number of nitrogens with zero attached hydrogens (tertiary/aromatic N) is 3. The molecule has 1 aliphatic rings. The standard InChI is InChI=1S/C17H23N3/c1-14-18-11-17(19(14)2)13-20-10-6-9-16(12-20)15-7-4-3-5-8-15/h3-5,7-8,11,16H,6,9-10,12-13H2,1-2H3/t16-/m1/s1. The number of hydrogen-bond donors (Lipinski definition) is 0. The van der Waals surface area contributed by atoms with Crippen molar-refractivity contribution >= 4 is 0 Å². The highest BCUT2D eigenvalue weighted by atomic mass is 15.2. The third-order valence-electron chi connectivity index (χ3n) is 4.48. The molecule has 2 heterocycles. The molecule has 3 nitrogen and oxygen atoms in total. The molecule has 1 aliphatic heterocycles. The minimum absolute atomic E-state index is 0.680. The van der Waals surface area contributed by atoms with Gasteiger partial charge in [0.25, 0.3) is 0 Å². The van der Waals surface area contributed by atoms with E-state index in [1.807, 2.05) is 6.20 Å². The maximum absolute atomic E-state index is 4.40. The summed E-state index contributed by atoms with van der Waals surface area (Å²) in [6.07, 6.45) is 4.61. The molecule has 0 amide bonds. The number of aromatic nitrogens is 2. The first kappa shape index (κ1) is 13.4. The van der Waals surface area contributed by atoms with Gasteiger partial charge in [0.05, 0.1) is 5.69 Å². The Bertz CT molecular complexity index is 559. The van der Waals surface area contributed by atoms with Crippen LogP contribution in [0.15, 0.2) is 36.5 Å². The molecule has 0 saturated carbocycles. The summed E-state index contributed by atoms with van der Waals surface area (Å²) in [5.74, 6) is 1.77. The molecule has 1 saturated heterocycles. The van der Waals surface area contributed by atoms with Gasteiger partial charge < -0.3 is 4.57 Å². The van der Waals surface area contributed by atoms with Crippen molar-refractivity contribution in [1.29, 1.82) is 0 Å². The second-order valence-electron chi connectivity index (χ2n) is 5.84. The predicted molar refractivity (Wildman–Crippen MR) is 81.6 cm³/mol. The van der Waals surface area contributed by atoms with Gasteiger partial charge in [0.1, 0.15) is 5.82 Å². The average molecular weight is 269 g/mol. The molecule has 0 aliphatic carbocycles. The van der Waals surface area contributed by atoms with Gasteiger partial charge in [-0.25, -0.2) is 4.98 Å². The Balaban J connectivity index is 1.68. The van der Waals surface area contributed by atoms with Crippen LogP contribution in [0.4, 0.5) is 0 Å². The number of piperidine rings is 1. The van der Waals surface area contributed by atoms with E-state index in [1.165, 1.54) is 30.6 Å². The van der Waals surface area contributed by atoms with E-state index in [1.54, 1.807) is 0 Å². The molecule has 0 N–H and O–H groups in total. The monoisotopic (exact) mass is 269 g/mol. The Morgan fingerprint density at radius 2 is 2.05 bits per heavy atom. The molecule has 3 heteroatoms. The van der Waals surface area contributed by atoms with E-state index in [4.69, 9.17) is 0 Å². The molecule has 1 aromatic heterocycles. The van der Waals surface area contributed by atoms with E-state index in [-0.39, 0.29) is 0 Å². The van der Waals surface area contributed by atoms with Crippen LogP contribution in [0.3, 0.4) is 0 Å². The predicted octanol–water partition coefficient (Wildman–Crippen LogP) is 3.11. The van der Waals surface area contributed by atoms with Crippen molar-refractivity contribution in [3.8, 4) is 0 Å². The number of imidazole rings is 1. The number of benzene rings is 1. The van der Waals surface area contributed by atoms with Crippen LogP contribution < -0.4 is 0 Å². The van der Waals surface area contributed by atoms with Crippen LogP contribution in [0.5, 0.6) is 0 Å². The number of rotatable bonds is 3. The Morgan fingerprint density at radius 3 is 2.75 bits per heavy atom. The van der Waals surface area contributed by atoms with Gasteiger partial charge in [-0.05, 0) is 37.8 Å². The zero-order valence-electron chi connectivity index (χ0n) is 12.4. The Morgan fingerprint density at radius 1 is 1.25 bits per heavy atom. The summed E-state index contributed by atoms with van der Waals surface area (Å²) in [7, 11) is 2.11. The highest BCUT2D eigenvalue weighted by Crippen LogP contribution is 2.27. The minimum Gasteiger partial charge on any atom is -0.334 e. The molecule has 2 aromatic rings. The second kappa shape index (κ2) is 5.80. The van der Waals surface area contributed by atoms with Crippen LogP contribution in [0.25, 0.3) is 0 Å². The Hall–Kier alpha value is -1.61. The summed E-state index contributed by atoms with van der Waals surface area (Å²) in [5, 5.41) is 0. The molecule has 0 spiro atoms. The normalized spacial score (nSPS) is 20.2. The quantitative estimate of drug-likeness (QED) is 0.853. The van der Waals surface area contributed by atoms with Crippen molar-refractivity contribution in [2.45, 2.75) is 32.2 Å². The summed E-state index contributed by atoms with van der Waals surface area (Å²) in [4.78, 5) is 6.96. The van der Waals surface area contributed by atoms with Gasteiger partial charge in [-0.1, -0.05) is 30.3 Å². The molecule has 0 bridgehead atoms. The Labute approximate surface area is 121 Å². The molecular formula is C17H23N3. The first-order valence-electron chi connectivity index (χ1n) is 7.48. The maximum atomic E-state index is 4.40. The second-order valence-corrected chi connectivity index (χ2v) is 5.84. The maximum Gasteiger partial charge on any atom is 0.105 e. The third kappa shape index (κ3) is 2.78. The van der Waals surface area contributed by atoms with Crippen LogP contribution in [0.2, 0.25) is 0 Å². The van der Waals surface area contributed by atoms with E-state index in [2.05, 4.69) is 58.8 Å². The fourth-order valence-corrected chi connectivity index (χ4v) is 3.12. The van der Waals surface area contributed by atoms with Crippen molar-refractivity contribution in [2.75, 3.05) is 13.1 Å². The van der Waals surface area contributed by atoms with Crippen LogP contribution in [-0.4, -0.2) is 27.5 Å². The summed E-state index contributed by atoms with van der Waals surface area (Å²) in [6, 6.07) is 10.9. The van der Waals surface area contributed by atoms with Gasteiger partial charge in [0.15, 0.2) is 0 Å². The van der Waals surface area contributed by atoms with Crippen molar-refractivity contribution < 1.29 is 0 Å². The lowest BCUT2D eigenvalue weighted by Crippen LogP contribution is -2.34. The first-order valence-corrected chi connectivity index (χ1v) is 7.48. The molecule has 106 valence electrons. The van der Waals surface area contributed by atoms with Gasteiger partial charge >= 0.3 is 0 Å². The van der Waals surface area contributed by atoms with Crippen LogP contribution >= 0.6 is 0 Å². The molecule has 0 unspecified atom stereocenters. The molecule has 1 aromatic carbocycles. The number of hydrogen-bond acceptors (Lipinski definition) is 2. The molecule has 3 rings (SSSR count). The molecule has 0 radical (unpaired) electrons. The highest BCUT2D eigenvalue weighted by molar-refractivity contribution is 5.20. The fourth-order valence-electron chi connectivity index (χ4n) is 3.12. The fraction of sp³-hybridized carbons (Fsp3) is 0.471.